The van der Waals surface area contributed by atoms with Crippen molar-refractivity contribution >= 4 is 34.0 Å². The van der Waals surface area contributed by atoms with Gasteiger partial charge in [0, 0.05) is 32.4 Å². The fraction of sp³-hybridized carbons (Fsp3) is 0.588. The number of nitrogens with one attached hydrogen (secondary N) is 2. The van der Waals surface area contributed by atoms with E-state index in [-0.39, 0.29) is 29.8 Å². The molecule has 9 heteroatoms. The highest BCUT2D eigenvalue weighted by Gasteiger charge is 2.23. The third-order valence-electron chi connectivity index (χ3n) is 4.03. The monoisotopic (exact) mass is 407 g/mol. The van der Waals surface area contributed by atoms with E-state index < -0.39 is 10.0 Å². The molecular formula is C17H30ClN3O4S. The van der Waals surface area contributed by atoms with Gasteiger partial charge in [0.2, 0.25) is 15.9 Å². The van der Waals surface area contributed by atoms with E-state index in [2.05, 4.69) is 10.6 Å². The summed E-state index contributed by atoms with van der Waals surface area (Å²) in [5.74, 6) is -0.226. The quantitative estimate of drug-likeness (QED) is 0.578. The zero-order valence-electron chi connectivity index (χ0n) is 16.1. The van der Waals surface area contributed by atoms with Gasteiger partial charge in [0.05, 0.1) is 18.0 Å². The Balaban J connectivity index is 0.00000625. The molecule has 7 nitrogen and oxygen atoms in total. The fourth-order valence-electron chi connectivity index (χ4n) is 2.39. The molecule has 0 saturated carbocycles. The SMILES string of the molecule is CCN(CC)S(=O)(=O)c1cc(C)c(C)c(NC(=O)CNCCOC)c1.Cl. The smallest absolute Gasteiger partial charge is 0.243 e. The minimum atomic E-state index is -3.57. The van der Waals surface area contributed by atoms with Crippen LogP contribution in [0.4, 0.5) is 5.69 Å². The lowest BCUT2D eigenvalue weighted by molar-refractivity contribution is -0.115. The summed E-state index contributed by atoms with van der Waals surface area (Å²) >= 11 is 0. The molecule has 0 aliphatic heterocycles. The Morgan fingerprint density at radius 2 is 1.81 bits per heavy atom. The maximum absolute atomic E-state index is 12.7. The van der Waals surface area contributed by atoms with Gasteiger partial charge < -0.3 is 15.4 Å². The highest BCUT2D eigenvalue weighted by molar-refractivity contribution is 7.89. The van der Waals surface area contributed by atoms with Crippen molar-refractivity contribution < 1.29 is 17.9 Å². The van der Waals surface area contributed by atoms with Crippen LogP contribution in [0.25, 0.3) is 0 Å². The van der Waals surface area contributed by atoms with E-state index in [0.717, 1.165) is 11.1 Å². The summed E-state index contributed by atoms with van der Waals surface area (Å²) in [4.78, 5) is 12.3. The van der Waals surface area contributed by atoms with Gasteiger partial charge in [0.15, 0.2) is 0 Å². The van der Waals surface area contributed by atoms with Crippen molar-refractivity contribution in [3.05, 3.63) is 23.3 Å². The number of hydrogen-bond donors (Lipinski definition) is 2. The molecule has 1 aromatic carbocycles. The van der Waals surface area contributed by atoms with Crippen molar-refractivity contribution in [1.82, 2.24) is 9.62 Å². The van der Waals surface area contributed by atoms with E-state index >= 15 is 0 Å². The molecule has 0 bridgehead atoms. The number of amides is 1. The van der Waals surface area contributed by atoms with Crippen LogP contribution in [-0.2, 0) is 19.6 Å². The fourth-order valence-corrected chi connectivity index (χ4v) is 3.96. The lowest BCUT2D eigenvalue weighted by Gasteiger charge is -2.20. The van der Waals surface area contributed by atoms with Crippen molar-refractivity contribution in [2.45, 2.75) is 32.6 Å². The van der Waals surface area contributed by atoms with E-state index in [1.165, 1.54) is 10.4 Å². The van der Waals surface area contributed by atoms with Gasteiger partial charge in [-0.3, -0.25) is 4.79 Å². The molecule has 26 heavy (non-hydrogen) atoms. The average Bonchev–Trinajstić information content (AvgIpc) is 2.56. The molecule has 0 radical (unpaired) electrons. The van der Waals surface area contributed by atoms with Crippen LogP contribution in [0.15, 0.2) is 17.0 Å². The number of methoxy groups -OCH3 is 1. The van der Waals surface area contributed by atoms with Crippen molar-refractivity contribution in [3.8, 4) is 0 Å². The molecule has 150 valence electrons. The Labute approximate surface area is 162 Å². The first-order chi connectivity index (χ1) is 11.8. The standard InChI is InChI=1S/C17H29N3O4S.ClH/c1-6-20(7-2)25(22,23)15-10-13(3)14(4)16(11-15)19-17(21)12-18-8-9-24-5;/h10-11,18H,6-9,12H2,1-5H3,(H,19,21);1H. The molecule has 1 amide bonds. The lowest BCUT2D eigenvalue weighted by atomic mass is 10.1. The third-order valence-corrected chi connectivity index (χ3v) is 6.05. The molecule has 0 unspecified atom stereocenters. The normalized spacial score (nSPS) is 11.3. The number of halogens is 1. The Hall–Kier alpha value is -1.19. The van der Waals surface area contributed by atoms with Gasteiger partial charge in [0.1, 0.15) is 0 Å². The van der Waals surface area contributed by atoms with E-state index in [1.54, 1.807) is 27.0 Å². The maximum atomic E-state index is 12.7. The Morgan fingerprint density at radius 1 is 1.19 bits per heavy atom. The second-order valence-corrected chi connectivity index (χ2v) is 7.66. The zero-order valence-corrected chi connectivity index (χ0v) is 17.7. The zero-order chi connectivity index (χ0) is 19.0. The summed E-state index contributed by atoms with van der Waals surface area (Å²) in [5, 5.41) is 5.75. The van der Waals surface area contributed by atoms with Crippen LogP contribution in [0.2, 0.25) is 0 Å². The first kappa shape index (κ1) is 24.8. The van der Waals surface area contributed by atoms with Gasteiger partial charge in [-0.2, -0.15) is 4.31 Å². The predicted octanol–water partition coefficient (Wildman–Crippen LogP) is 1.93. The summed E-state index contributed by atoms with van der Waals surface area (Å²) in [6, 6.07) is 3.18. The number of benzene rings is 1. The van der Waals surface area contributed by atoms with Crippen LogP contribution in [0, 0.1) is 13.8 Å². The predicted molar refractivity (Wildman–Crippen MR) is 107 cm³/mol. The first-order valence-corrected chi connectivity index (χ1v) is 9.82. The van der Waals surface area contributed by atoms with E-state index in [9.17, 15) is 13.2 Å². The van der Waals surface area contributed by atoms with E-state index in [0.29, 0.717) is 31.9 Å². The van der Waals surface area contributed by atoms with Crippen LogP contribution in [0.1, 0.15) is 25.0 Å². The van der Waals surface area contributed by atoms with Crippen molar-refractivity contribution in [2.24, 2.45) is 0 Å². The summed E-state index contributed by atoms with van der Waals surface area (Å²) in [6.45, 7) is 9.32. The summed E-state index contributed by atoms with van der Waals surface area (Å²) < 4.78 is 31.8. The number of nitrogens with zero attached hydrogens (tertiary/aromatic N) is 1. The number of rotatable bonds is 10. The molecule has 0 atom stereocenters. The van der Waals surface area contributed by atoms with Gasteiger partial charge in [-0.1, -0.05) is 13.8 Å². The molecule has 0 heterocycles. The summed E-state index contributed by atoms with van der Waals surface area (Å²) in [6.07, 6.45) is 0. The number of carbonyl (C=O) groups excluding carboxylic acids is 1. The molecule has 0 fully saturated rings. The van der Waals surface area contributed by atoms with Crippen molar-refractivity contribution in [2.75, 3.05) is 45.2 Å². The summed E-state index contributed by atoms with van der Waals surface area (Å²) in [5.41, 5.74) is 2.18. The Kier molecular flexibility index (Phi) is 11.0. The van der Waals surface area contributed by atoms with Crippen LogP contribution >= 0.6 is 12.4 Å². The van der Waals surface area contributed by atoms with Crippen LogP contribution in [-0.4, -0.2) is 58.5 Å². The molecule has 0 saturated heterocycles. The molecule has 0 aliphatic carbocycles. The number of aryl methyl sites for hydroxylation is 1. The van der Waals surface area contributed by atoms with Gasteiger partial charge in [-0.25, -0.2) is 8.42 Å². The Bertz CT molecular complexity index is 691. The van der Waals surface area contributed by atoms with Crippen molar-refractivity contribution in [3.63, 3.8) is 0 Å². The molecule has 1 rings (SSSR count). The van der Waals surface area contributed by atoms with Crippen LogP contribution < -0.4 is 10.6 Å². The summed E-state index contributed by atoms with van der Waals surface area (Å²) in [7, 11) is -1.98. The lowest BCUT2D eigenvalue weighted by Crippen LogP contribution is -2.32. The van der Waals surface area contributed by atoms with Gasteiger partial charge in [-0.05, 0) is 37.1 Å². The maximum Gasteiger partial charge on any atom is 0.243 e. The average molecular weight is 408 g/mol. The van der Waals surface area contributed by atoms with Crippen LogP contribution in [0.3, 0.4) is 0 Å². The highest BCUT2D eigenvalue weighted by Crippen LogP contribution is 2.26. The molecular weight excluding hydrogens is 378 g/mol. The second kappa shape index (κ2) is 11.5. The second-order valence-electron chi connectivity index (χ2n) is 5.72. The molecule has 0 aromatic heterocycles. The van der Waals surface area contributed by atoms with Crippen molar-refractivity contribution in [1.29, 1.82) is 0 Å². The molecule has 0 spiro atoms. The third kappa shape index (κ3) is 6.51. The van der Waals surface area contributed by atoms with Gasteiger partial charge >= 0.3 is 0 Å². The number of sulfonamides is 1. The largest absolute Gasteiger partial charge is 0.383 e. The molecule has 0 aliphatic rings. The Morgan fingerprint density at radius 3 is 2.35 bits per heavy atom. The van der Waals surface area contributed by atoms with Gasteiger partial charge in [-0.15, -0.1) is 12.4 Å². The highest BCUT2D eigenvalue weighted by atomic mass is 35.5. The van der Waals surface area contributed by atoms with E-state index in [1.807, 2.05) is 13.8 Å². The number of carbonyl (C=O) groups is 1. The number of anilines is 1. The molecule has 1 aromatic rings. The minimum Gasteiger partial charge on any atom is -0.383 e. The van der Waals surface area contributed by atoms with E-state index in [4.69, 9.17) is 4.74 Å². The van der Waals surface area contributed by atoms with Crippen LogP contribution in [0.5, 0.6) is 0 Å². The topological polar surface area (TPSA) is 87.7 Å². The number of hydrogen-bond acceptors (Lipinski definition) is 5. The minimum absolute atomic E-state index is 0. The first-order valence-electron chi connectivity index (χ1n) is 8.38. The number of ether oxygens (including phenoxy) is 1. The molecule has 2 N–H and O–H groups in total. The van der Waals surface area contributed by atoms with Gasteiger partial charge in [0.25, 0.3) is 0 Å².